The van der Waals surface area contributed by atoms with Gasteiger partial charge in [-0.2, -0.15) is 13.2 Å². The van der Waals surface area contributed by atoms with E-state index in [4.69, 9.17) is 5.73 Å². The van der Waals surface area contributed by atoms with Gasteiger partial charge >= 0.3 is 6.18 Å². The van der Waals surface area contributed by atoms with E-state index in [2.05, 4.69) is 0 Å². The molecule has 0 saturated carbocycles. The second kappa shape index (κ2) is 8.33. The number of hydrogen-bond acceptors (Lipinski definition) is 3. The molecule has 0 aromatic heterocycles. The Hall–Kier alpha value is -2.09. The number of benzene rings is 1. The summed E-state index contributed by atoms with van der Waals surface area (Å²) in [5.41, 5.74) is 5.13. The number of alkyl halides is 3. The Bertz CT molecular complexity index is 630. The fourth-order valence-electron chi connectivity index (χ4n) is 2.22. The molecule has 1 aliphatic heterocycles. The van der Waals surface area contributed by atoms with E-state index in [0.717, 1.165) is 6.07 Å². The molecule has 1 aromatic rings. The van der Waals surface area contributed by atoms with Crippen LogP contribution in [0.25, 0.3) is 0 Å². The largest absolute Gasteiger partial charge is 0.417 e. The molecule has 25 heavy (non-hydrogen) atoms. The highest BCUT2D eigenvalue weighted by atomic mass is 19.4. The molecule has 1 atom stereocenters. The van der Waals surface area contributed by atoms with Crippen molar-refractivity contribution in [1.82, 2.24) is 9.80 Å². The third-order valence-electron chi connectivity index (χ3n) is 3.85. The van der Waals surface area contributed by atoms with Gasteiger partial charge in [-0.25, -0.2) is 0 Å². The fourth-order valence-corrected chi connectivity index (χ4v) is 2.22. The van der Waals surface area contributed by atoms with Gasteiger partial charge in [0.15, 0.2) is 0 Å². The molecule has 1 aliphatic rings. The molecule has 2 amide bonds. The van der Waals surface area contributed by atoms with Gasteiger partial charge in [0.25, 0.3) is 5.91 Å². The Morgan fingerprint density at radius 2 is 1.84 bits per heavy atom. The summed E-state index contributed by atoms with van der Waals surface area (Å²) < 4.78 is 38.7. The zero-order valence-electron chi connectivity index (χ0n) is 14.9. The van der Waals surface area contributed by atoms with Crippen molar-refractivity contribution in [2.24, 2.45) is 5.73 Å². The number of carbonyl (C=O) groups is 2. The summed E-state index contributed by atoms with van der Waals surface area (Å²) in [4.78, 5) is 25.2. The number of hydrogen-bond donors (Lipinski definition) is 1. The van der Waals surface area contributed by atoms with Crippen LogP contribution in [-0.4, -0.2) is 54.8 Å². The first kappa shape index (κ1) is 21.0. The van der Waals surface area contributed by atoms with Crippen molar-refractivity contribution in [3.05, 3.63) is 34.9 Å². The summed E-state index contributed by atoms with van der Waals surface area (Å²) in [6.07, 6.45) is -3.90. The van der Waals surface area contributed by atoms with Gasteiger partial charge in [0.1, 0.15) is 0 Å². The SMILES string of the molecule is CC(=O)N(C)C.Cc1ccc(C(F)(F)F)c(C(=O)N2CC[C@@H](N)C2)c1. The lowest BCUT2D eigenvalue weighted by Crippen LogP contribution is -2.33. The molecule has 0 spiro atoms. The Labute approximate surface area is 145 Å². The average Bonchev–Trinajstić information content (AvgIpc) is 2.92. The molecule has 140 valence electrons. The third kappa shape index (κ3) is 6.04. The van der Waals surface area contributed by atoms with Crippen LogP contribution in [0, 0.1) is 6.92 Å². The van der Waals surface area contributed by atoms with Crippen LogP contribution in [-0.2, 0) is 11.0 Å². The van der Waals surface area contributed by atoms with Crippen molar-refractivity contribution in [2.75, 3.05) is 27.2 Å². The third-order valence-corrected chi connectivity index (χ3v) is 3.85. The van der Waals surface area contributed by atoms with E-state index in [1.54, 1.807) is 21.0 Å². The molecule has 1 heterocycles. The van der Waals surface area contributed by atoms with Crippen molar-refractivity contribution < 1.29 is 22.8 Å². The molecular weight excluding hydrogens is 335 g/mol. The van der Waals surface area contributed by atoms with Gasteiger partial charge in [-0.1, -0.05) is 11.6 Å². The number of amides is 2. The van der Waals surface area contributed by atoms with Crippen LogP contribution in [0.3, 0.4) is 0 Å². The van der Waals surface area contributed by atoms with Gasteiger partial charge in [0.2, 0.25) is 5.91 Å². The Morgan fingerprint density at radius 1 is 1.28 bits per heavy atom. The van der Waals surface area contributed by atoms with E-state index in [9.17, 15) is 22.8 Å². The fraction of sp³-hybridized carbons (Fsp3) is 0.529. The maximum absolute atomic E-state index is 12.9. The van der Waals surface area contributed by atoms with Crippen LogP contribution in [0.4, 0.5) is 13.2 Å². The van der Waals surface area contributed by atoms with Gasteiger partial charge in [-0.05, 0) is 25.5 Å². The van der Waals surface area contributed by atoms with E-state index >= 15 is 0 Å². The highest BCUT2D eigenvalue weighted by Gasteiger charge is 2.37. The highest BCUT2D eigenvalue weighted by molar-refractivity contribution is 5.96. The van der Waals surface area contributed by atoms with Gasteiger partial charge in [-0.15, -0.1) is 0 Å². The van der Waals surface area contributed by atoms with E-state index < -0.39 is 17.6 Å². The Morgan fingerprint density at radius 3 is 2.24 bits per heavy atom. The zero-order valence-corrected chi connectivity index (χ0v) is 14.9. The molecular formula is C17H24F3N3O2. The summed E-state index contributed by atoms with van der Waals surface area (Å²) in [6.45, 7) is 3.90. The number of likely N-dealkylation sites (tertiary alicyclic amines) is 1. The summed E-state index contributed by atoms with van der Waals surface area (Å²) >= 11 is 0. The predicted octanol–water partition coefficient (Wildman–Crippen LogP) is 2.28. The van der Waals surface area contributed by atoms with Crippen molar-refractivity contribution in [2.45, 2.75) is 32.5 Å². The number of nitrogens with two attached hydrogens (primary N) is 1. The molecule has 2 N–H and O–H groups in total. The molecule has 0 radical (unpaired) electrons. The first-order chi connectivity index (χ1) is 11.4. The van der Waals surface area contributed by atoms with E-state index in [0.29, 0.717) is 25.1 Å². The molecule has 0 bridgehead atoms. The maximum Gasteiger partial charge on any atom is 0.417 e. The Balaban J connectivity index is 0.000000450. The lowest BCUT2D eigenvalue weighted by molar-refractivity contribution is -0.138. The summed E-state index contributed by atoms with van der Waals surface area (Å²) in [5.74, 6) is -0.501. The van der Waals surface area contributed by atoms with Crippen LogP contribution in [0.1, 0.15) is 34.8 Å². The summed E-state index contributed by atoms with van der Waals surface area (Å²) in [5, 5.41) is 0. The minimum atomic E-state index is -4.53. The Kier molecular flexibility index (Phi) is 6.98. The number of rotatable bonds is 1. The topological polar surface area (TPSA) is 66.6 Å². The first-order valence-corrected chi connectivity index (χ1v) is 7.84. The normalized spacial score (nSPS) is 17.0. The lowest BCUT2D eigenvalue weighted by Gasteiger charge is -2.19. The summed E-state index contributed by atoms with van der Waals surface area (Å²) in [7, 11) is 3.45. The molecule has 1 aromatic carbocycles. The first-order valence-electron chi connectivity index (χ1n) is 7.84. The highest BCUT2D eigenvalue weighted by Crippen LogP contribution is 2.33. The number of carbonyl (C=O) groups excluding carboxylic acids is 2. The van der Waals surface area contributed by atoms with E-state index in [1.165, 1.54) is 28.9 Å². The summed E-state index contributed by atoms with van der Waals surface area (Å²) in [6, 6.07) is 3.45. The molecule has 8 heteroatoms. The van der Waals surface area contributed by atoms with Crippen LogP contribution in [0.2, 0.25) is 0 Å². The van der Waals surface area contributed by atoms with Crippen LogP contribution in [0.15, 0.2) is 18.2 Å². The predicted molar refractivity (Wildman–Crippen MR) is 89.0 cm³/mol. The van der Waals surface area contributed by atoms with Crippen molar-refractivity contribution in [3.8, 4) is 0 Å². The monoisotopic (exact) mass is 359 g/mol. The van der Waals surface area contributed by atoms with Crippen molar-refractivity contribution in [1.29, 1.82) is 0 Å². The van der Waals surface area contributed by atoms with Gasteiger partial charge in [-0.3, -0.25) is 9.59 Å². The molecule has 0 unspecified atom stereocenters. The minimum absolute atomic E-state index is 0.0926. The van der Waals surface area contributed by atoms with Crippen LogP contribution >= 0.6 is 0 Å². The number of nitrogens with zero attached hydrogens (tertiary/aromatic N) is 2. The molecule has 0 aliphatic carbocycles. The smallest absolute Gasteiger partial charge is 0.349 e. The van der Waals surface area contributed by atoms with Crippen LogP contribution < -0.4 is 5.73 Å². The molecule has 5 nitrogen and oxygen atoms in total. The van der Waals surface area contributed by atoms with Gasteiger partial charge in [0, 0.05) is 40.2 Å². The number of aryl methyl sites for hydroxylation is 1. The minimum Gasteiger partial charge on any atom is -0.349 e. The van der Waals surface area contributed by atoms with Crippen molar-refractivity contribution in [3.63, 3.8) is 0 Å². The lowest BCUT2D eigenvalue weighted by atomic mass is 10.0. The average molecular weight is 359 g/mol. The molecule has 2 rings (SSSR count). The molecule has 1 saturated heterocycles. The standard InChI is InChI=1S/C13H15F3N2O.C4H9NO/c1-8-2-3-11(13(14,15)16)10(6-8)12(19)18-5-4-9(17)7-18;1-4(6)5(2)3/h2-3,6,9H,4-5,7,17H2,1H3;1-3H3/t9-;/m1./s1. The van der Waals surface area contributed by atoms with E-state index in [-0.39, 0.29) is 17.5 Å². The number of halogens is 3. The molecule has 1 fully saturated rings. The van der Waals surface area contributed by atoms with Crippen molar-refractivity contribution >= 4 is 11.8 Å². The van der Waals surface area contributed by atoms with Gasteiger partial charge in [0.05, 0.1) is 11.1 Å². The van der Waals surface area contributed by atoms with E-state index in [1.807, 2.05) is 0 Å². The van der Waals surface area contributed by atoms with Gasteiger partial charge < -0.3 is 15.5 Å². The second-order valence-electron chi connectivity index (χ2n) is 6.26. The van der Waals surface area contributed by atoms with Crippen LogP contribution in [0.5, 0.6) is 0 Å². The second-order valence-corrected chi connectivity index (χ2v) is 6.26. The quantitative estimate of drug-likeness (QED) is 0.837. The maximum atomic E-state index is 12.9. The zero-order chi connectivity index (χ0) is 19.4.